The minimum absolute atomic E-state index is 0.107. The van der Waals surface area contributed by atoms with Gasteiger partial charge in [0.25, 0.3) is 0 Å². The topological polar surface area (TPSA) is 20.3 Å². The van der Waals surface area contributed by atoms with E-state index in [4.69, 9.17) is 0 Å². The second-order valence-electron chi connectivity index (χ2n) is 3.80. The lowest BCUT2D eigenvalue weighted by atomic mass is 10.1. The molecule has 1 atom stereocenters. The van der Waals surface area contributed by atoms with Crippen LogP contribution in [0.25, 0.3) is 0 Å². The third-order valence-electron chi connectivity index (χ3n) is 2.26. The van der Waals surface area contributed by atoms with Crippen LogP contribution in [0, 0.1) is 6.92 Å². The monoisotopic (exact) mass is 269 g/mol. The van der Waals surface area contributed by atoms with Gasteiger partial charge in [-0.3, -0.25) is 4.79 Å². The van der Waals surface area contributed by atoms with E-state index in [2.05, 4.69) is 47.1 Å². The number of carbonyl (C=O) groups is 1. The summed E-state index contributed by atoms with van der Waals surface area (Å²) >= 11 is 3.27. The third kappa shape index (κ3) is 3.67. The smallest absolute Gasteiger partial charge is 0.236 e. The minimum Gasteiger partial charge on any atom is -0.340 e. The zero-order valence-electron chi connectivity index (χ0n) is 9.33. The number of nitrogens with zero attached hydrogens (tertiary/aromatic N) is 1. The summed E-state index contributed by atoms with van der Waals surface area (Å²) in [4.78, 5) is 13.2. The summed E-state index contributed by atoms with van der Waals surface area (Å²) in [5, 5.41) is 0. The molecule has 0 N–H and O–H groups in total. The van der Waals surface area contributed by atoms with Crippen molar-refractivity contribution in [2.75, 3.05) is 7.05 Å². The van der Waals surface area contributed by atoms with Crippen molar-refractivity contribution in [2.45, 2.75) is 25.2 Å². The summed E-state index contributed by atoms with van der Waals surface area (Å²) in [6.07, 6.45) is 0. The summed E-state index contributed by atoms with van der Waals surface area (Å²) in [6.45, 7) is 4.56. The van der Waals surface area contributed by atoms with E-state index in [1.165, 1.54) is 5.56 Å². The normalized spacial score (nSPS) is 12.3. The first kappa shape index (κ1) is 12.2. The molecule has 82 valence electrons. The quantitative estimate of drug-likeness (QED) is 0.773. The van der Waals surface area contributed by atoms with E-state index in [1.807, 2.05) is 14.0 Å². The lowest BCUT2D eigenvalue weighted by Crippen LogP contribution is -2.31. The van der Waals surface area contributed by atoms with E-state index >= 15 is 0 Å². The Kier molecular flexibility index (Phi) is 4.33. The van der Waals surface area contributed by atoms with E-state index in [1.54, 1.807) is 4.90 Å². The van der Waals surface area contributed by atoms with Crippen molar-refractivity contribution in [2.24, 2.45) is 0 Å². The fraction of sp³-hybridized carbons (Fsp3) is 0.417. The largest absolute Gasteiger partial charge is 0.340 e. The van der Waals surface area contributed by atoms with Crippen LogP contribution in [-0.4, -0.2) is 22.7 Å². The van der Waals surface area contributed by atoms with Crippen LogP contribution >= 0.6 is 15.9 Å². The Balaban J connectivity index is 2.62. The Morgan fingerprint density at radius 2 is 1.93 bits per heavy atom. The van der Waals surface area contributed by atoms with Crippen LogP contribution < -0.4 is 0 Å². The fourth-order valence-electron chi connectivity index (χ4n) is 1.35. The predicted octanol–water partition coefficient (Wildman–Crippen LogP) is 2.74. The summed E-state index contributed by atoms with van der Waals surface area (Å²) in [5.74, 6) is 0.107. The van der Waals surface area contributed by atoms with Gasteiger partial charge in [-0.05, 0) is 19.4 Å². The number of hydrogen-bond donors (Lipinski definition) is 0. The van der Waals surface area contributed by atoms with Crippen LogP contribution in [0.15, 0.2) is 24.3 Å². The molecule has 0 saturated carbocycles. The number of rotatable bonds is 3. The number of carbonyl (C=O) groups excluding carboxylic acids is 1. The highest BCUT2D eigenvalue weighted by Gasteiger charge is 2.13. The van der Waals surface area contributed by atoms with Crippen molar-refractivity contribution in [3.8, 4) is 0 Å². The number of halogens is 1. The highest BCUT2D eigenvalue weighted by atomic mass is 79.9. The van der Waals surface area contributed by atoms with E-state index in [9.17, 15) is 4.79 Å². The maximum absolute atomic E-state index is 11.6. The number of alkyl halides is 1. The van der Waals surface area contributed by atoms with E-state index in [0.717, 1.165) is 5.56 Å². The van der Waals surface area contributed by atoms with Gasteiger partial charge in [-0.15, -0.1) is 0 Å². The Labute approximate surface area is 99.4 Å². The number of hydrogen-bond acceptors (Lipinski definition) is 1. The molecule has 0 aromatic heterocycles. The predicted molar refractivity (Wildman–Crippen MR) is 66.0 cm³/mol. The zero-order chi connectivity index (χ0) is 11.4. The highest BCUT2D eigenvalue weighted by molar-refractivity contribution is 9.10. The van der Waals surface area contributed by atoms with Gasteiger partial charge in [0.15, 0.2) is 0 Å². The van der Waals surface area contributed by atoms with Crippen molar-refractivity contribution in [3.63, 3.8) is 0 Å². The van der Waals surface area contributed by atoms with E-state index in [0.29, 0.717) is 6.54 Å². The van der Waals surface area contributed by atoms with Gasteiger partial charge in [0.05, 0.1) is 4.83 Å². The van der Waals surface area contributed by atoms with Gasteiger partial charge in [-0.2, -0.15) is 0 Å². The Bertz CT molecular complexity index is 332. The minimum atomic E-state index is -0.118. The second-order valence-corrected chi connectivity index (χ2v) is 5.17. The molecule has 0 spiro atoms. The molecule has 0 bridgehead atoms. The molecule has 1 unspecified atom stereocenters. The molecule has 0 aliphatic rings. The van der Waals surface area contributed by atoms with Crippen LogP contribution in [0.1, 0.15) is 18.1 Å². The maximum atomic E-state index is 11.6. The van der Waals surface area contributed by atoms with Crippen molar-refractivity contribution < 1.29 is 4.79 Å². The SMILES string of the molecule is Cc1ccc(CN(C)C(=O)C(C)Br)cc1. The first-order chi connectivity index (χ1) is 7.00. The third-order valence-corrected chi connectivity index (χ3v) is 2.65. The molecule has 0 heterocycles. The fourth-order valence-corrected chi connectivity index (χ4v) is 1.70. The van der Waals surface area contributed by atoms with Crippen LogP contribution in [0.5, 0.6) is 0 Å². The molecule has 1 aromatic rings. The average Bonchev–Trinajstić information content (AvgIpc) is 2.20. The van der Waals surface area contributed by atoms with Crippen molar-refractivity contribution in [1.29, 1.82) is 0 Å². The molecule has 1 aromatic carbocycles. The molecule has 15 heavy (non-hydrogen) atoms. The summed E-state index contributed by atoms with van der Waals surface area (Å²) in [5.41, 5.74) is 2.39. The van der Waals surface area contributed by atoms with Gasteiger partial charge < -0.3 is 4.90 Å². The molecule has 3 heteroatoms. The van der Waals surface area contributed by atoms with Gasteiger partial charge >= 0.3 is 0 Å². The molecule has 0 aliphatic heterocycles. The molecule has 0 radical (unpaired) electrons. The zero-order valence-corrected chi connectivity index (χ0v) is 10.9. The number of amides is 1. The van der Waals surface area contributed by atoms with Crippen LogP contribution in [-0.2, 0) is 11.3 Å². The number of benzene rings is 1. The summed E-state index contributed by atoms with van der Waals surface area (Å²) in [7, 11) is 1.82. The molecule has 0 aliphatic carbocycles. The van der Waals surface area contributed by atoms with Gasteiger partial charge in [0, 0.05) is 13.6 Å². The second kappa shape index (κ2) is 5.31. The summed E-state index contributed by atoms with van der Waals surface area (Å²) in [6, 6.07) is 8.23. The van der Waals surface area contributed by atoms with E-state index in [-0.39, 0.29) is 10.7 Å². The standard InChI is InChI=1S/C12H16BrNO/c1-9-4-6-11(7-5-9)8-14(3)12(15)10(2)13/h4-7,10H,8H2,1-3H3. The molecule has 0 fully saturated rings. The Morgan fingerprint density at radius 1 is 1.40 bits per heavy atom. The van der Waals surface area contributed by atoms with Gasteiger partial charge in [-0.1, -0.05) is 45.8 Å². The molecule has 1 amide bonds. The Hall–Kier alpha value is -0.830. The molecular formula is C12H16BrNO. The summed E-state index contributed by atoms with van der Waals surface area (Å²) < 4.78 is 0. The van der Waals surface area contributed by atoms with Gasteiger partial charge in [0.1, 0.15) is 0 Å². The molecule has 2 nitrogen and oxygen atoms in total. The van der Waals surface area contributed by atoms with Crippen molar-refractivity contribution in [1.82, 2.24) is 4.90 Å². The first-order valence-corrected chi connectivity index (χ1v) is 5.87. The van der Waals surface area contributed by atoms with Crippen molar-refractivity contribution >= 4 is 21.8 Å². The van der Waals surface area contributed by atoms with Crippen LogP contribution in [0.2, 0.25) is 0 Å². The molecule has 0 saturated heterocycles. The maximum Gasteiger partial charge on any atom is 0.236 e. The van der Waals surface area contributed by atoms with Crippen LogP contribution in [0.3, 0.4) is 0 Å². The van der Waals surface area contributed by atoms with Crippen LogP contribution in [0.4, 0.5) is 0 Å². The van der Waals surface area contributed by atoms with Crippen molar-refractivity contribution in [3.05, 3.63) is 35.4 Å². The highest BCUT2D eigenvalue weighted by Crippen LogP contribution is 2.09. The lowest BCUT2D eigenvalue weighted by Gasteiger charge is -2.18. The molecular weight excluding hydrogens is 254 g/mol. The average molecular weight is 270 g/mol. The lowest BCUT2D eigenvalue weighted by molar-refractivity contribution is -0.129. The van der Waals surface area contributed by atoms with Gasteiger partial charge in [0.2, 0.25) is 5.91 Å². The van der Waals surface area contributed by atoms with E-state index < -0.39 is 0 Å². The number of aryl methyl sites for hydroxylation is 1. The first-order valence-electron chi connectivity index (χ1n) is 4.95. The van der Waals surface area contributed by atoms with Gasteiger partial charge in [-0.25, -0.2) is 0 Å². The Morgan fingerprint density at radius 3 is 2.40 bits per heavy atom. The molecule has 1 rings (SSSR count).